The molecule has 2 N–H and O–H groups in total. The number of hydrogen-bond donors (Lipinski definition) is 2. The number of nitriles is 1. The molecule has 0 aliphatic rings. The molecule has 0 saturated carbocycles. The van der Waals surface area contributed by atoms with E-state index in [0.29, 0.717) is 23.3 Å². The molecule has 0 aliphatic heterocycles. The average Bonchev–Trinajstić information content (AvgIpc) is 2.19. The number of benzene rings is 1. The lowest BCUT2D eigenvalue weighted by atomic mass is 10.0. The number of methoxy groups -OCH3 is 1. The highest BCUT2D eigenvalue weighted by molar-refractivity contribution is 5.51. The van der Waals surface area contributed by atoms with Gasteiger partial charge in [-0.3, -0.25) is 0 Å². The van der Waals surface area contributed by atoms with Crippen molar-refractivity contribution in [3.05, 3.63) is 23.3 Å². The summed E-state index contributed by atoms with van der Waals surface area (Å²) in [5.41, 5.74) is 0.897. The lowest BCUT2D eigenvalue weighted by Crippen LogP contribution is -2.05. The Bertz CT molecular complexity index is 394. The Kier molecular flexibility index (Phi) is 3.53. The highest BCUT2D eigenvalue weighted by atomic mass is 16.5. The minimum absolute atomic E-state index is 0.0340. The second-order valence-corrected chi connectivity index (χ2v) is 3.35. The fourth-order valence-electron chi connectivity index (χ4n) is 1.35. The molecular weight excluding hydrogens is 194 g/mol. The van der Waals surface area contributed by atoms with Crippen molar-refractivity contribution >= 4 is 0 Å². The smallest absolute Gasteiger partial charge is 0.140 e. The van der Waals surface area contributed by atoms with Crippen molar-refractivity contribution < 1.29 is 14.9 Å². The molecule has 0 bridgehead atoms. The summed E-state index contributed by atoms with van der Waals surface area (Å²) in [5.74, 6) is 0.371. The Morgan fingerprint density at radius 3 is 2.67 bits per heavy atom. The number of aliphatic hydroxyl groups excluding tert-OH is 1. The first-order valence-electron chi connectivity index (χ1n) is 4.56. The molecule has 1 aromatic rings. The fourth-order valence-corrected chi connectivity index (χ4v) is 1.35. The largest absolute Gasteiger partial charge is 0.508 e. The lowest BCUT2D eigenvalue weighted by Gasteiger charge is -2.10. The van der Waals surface area contributed by atoms with Gasteiger partial charge in [-0.25, -0.2) is 0 Å². The van der Waals surface area contributed by atoms with Crippen molar-refractivity contribution in [2.45, 2.75) is 19.4 Å². The molecular formula is C11H13NO3. The molecule has 0 amide bonds. The third-order valence-electron chi connectivity index (χ3n) is 2.04. The average molecular weight is 207 g/mol. The highest BCUT2D eigenvalue weighted by Gasteiger charge is 2.11. The monoisotopic (exact) mass is 207 g/mol. The number of ether oxygens (including phenoxy) is 1. The van der Waals surface area contributed by atoms with Crippen molar-refractivity contribution in [1.82, 2.24) is 0 Å². The quantitative estimate of drug-likeness (QED) is 0.781. The Labute approximate surface area is 88.4 Å². The highest BCUT2D eigenvalue weighted by Crippen LogP contribution is 2.28. The van der Waals surface area contributed by atoms with Crippen LogP contribution in [0.5, 0.6) is 11.5 Å². The van der Waals surface area contributed by atoms with E-state index in [1.54, 1.807) is 6.92 Å². The zero-order valence-corrected chi connectivity index (χ0v) is 8.69. The fraction of sp³-hybridized carbons (Fsp3) is 0.364. The Hall–Kier alpha value is -1.73. The standard InChI is InChI=1S/C11H13NO3/c1-7(13)3-8-4-9(6-12)11(15-2)5-10(8)14/h4-5,7,13-14H,3H2,1-2H3. The minimum Gasteiger partial charge on any atom is -0.508 e. The van der Waals surface area contributed by atoms with Crippen LogP contribution in [0.4, 0.5) is 0 Å². The van der Waals surface area contributed by atoms with Gasteiger partial charge in [0.15, 0.2) is 0 Å². The summed E-state index contributed by atoms with van der Waals surface area (Å²) < 4.78 is 4.93. The molecule has 1 rings (SSSR count). The van der Waals surface area contributed by atoms with E-state index in [1.807, 2.05) is 6.07 Å². The van der Waals surface area contributed by atoms with Crippen molar-refractivity contribution in [2.24, 2.45) is 0 Å². The second kappa shape index (κ2) is 4.67. The summed E-state index contributed by atoms with van der Waals surface area (Å²) in [5, 5.41) is 27.6. The number of phenolic OH excluding ortho intramolecular Hbond substituents is 1. The van der Waals surface area contributed by atoms with Gasteiger partial charge in [0.1, 0.15) is 17.6 Å². The number of nitrogens with zero attached hydrogens (tertiary/aromatic N) is 1. The van der Waals surface area contributed by atoms with Gasteiger partial charge in [0.2, 0.25) is 0 Å². The molecule has 0 radical (unpaired) electrons. The molecule has 0 fully saturated rings. The molecule has 0 spiro atoms. The van der Waals surface area contributed by atoms with Crippen LogP contribution in [0.25, 0.3) is 0 Å². The van der Waals surface area contributed by atoms with E-state index in [9.17, 15) is 10.2 Å². The zero-order chi connectivity index (χ0) is 11.4. The summed E-state index contributed by atoms with van der Waals surface area (Å²) in [6.45, 7) is 1.62. The summed E-state index contributed by atoms with van der Waals surface area (Å²) in [7, 11) is 1.43. The number of aromatic hydroxyl groups is 1. The van der Waals surface area contributed by atoms with E-state index < -0.39 is 6.10 Å². The first kappa shape index (κ1) is 11.3. The van der Waals surface area contributed by atoms with Crippen LogP contribution in [0.3, 0.4) is 0 Å². The van der Waals surface area contributed by atoms with E-state index in [-0.39, 0.29) is 5.75 Å². The van der Waals surface area contributed by atoms with Crippen LogP contribution in [0.2, 0.25) is 0 Å². The van der Waals surface area contributed by atoms with E-state index in [1.165, 1.54) is 19.2 Å². The molecule has 0 heterocycles. The van der Waals surface area contributed by atoms with Gasteiger partial charge in [0, 0.05) is 12.5 Å². The first-order chi connectivity index (χ1) is 7.08. The van der Waals surface area contributed by atoms with Gasteiger partial charge in [0.25, 0.3) is 0 Å². The number of phenols is 1. The molecule has 1 atom stereocenters. The Morgan fingerprint density at radius 1 is 1.53 bits per heavy atom. The van der Waals surface area contributed by atoms with E-state index in [2.05, 4.69) is 0 Å². The third-order valence-corrected chi connectivity index (χ3v) is 2.04. The SMILES string of the molecule is COc1cc(O)c(CC(C)O)cc1C#N. The van der Waals surface area contributed by atoms with Crippen LogP contribution in [-0.4, -0.2) is 23.4 Å². The summed E-state index contributed by atoms with van der Waals surface area (Å²) >= 11 is 0. The first-order valence-corrected chi connectivity index (χ1v) is 4.56. The van der Waals surface area contributed by atoms with Crippen molar-refractivity contribution in [3.8, 4) is 17.6 Å². The molecule has 0 saturated heterocycles. The molecule has 4 heteroatoms. The van der Waals surface area contributed by atoms with Crippen LogP contribution in [0.1, 0.15) is 18.1 Å². The third kappa shape index (κ3) is 2.61. The predicted molar refractivity (Wildman–Crippen MR) is 54.8 cm³/mol. The van der Waals surface area contributed by atoms with Crippen LogP contribution in [0, 0.1) is 11.3 Å². The van der Waals surface area contributed by atoms with Crippen LogP contribution < -0.4 is 4.74 Å². The molecule has 0 aliphatic carbocycles. The number of aliphatic hydroxyl groups is 1. The molecule has 1 unspecified atom stereocenters. The van der Waals surface area contributed by atoms with Gasteiger partial charge in [-0.2, -0.15) is 5.26 Å². The lowest BCUT2D eigenvalue weighted by molar-refractivity contribution is 0.194. The molecule has 0 aromatic heterocycles. The zero-order valence-electron chi connectivity index (χ0n) is 8.69. The van der Waals surface area contributed by atoms with Crippen molar-refractivity contribution in [3.63, 3.8) is 0 Å². The second-order valence-electron chi connectivity index (χ2n) is 3.35. The molecule has 4 nitrogen and oxygen atoms in total. The van der Waals surface area contributed by atoms with Crippen LogP contribution in [-0.2, 0) is 6.42 Å². The van der Waals surface area contributed by atoms with Crippen LogP contribution >= 0.6 is 0 Å². The summed E-state index contributed by atoms with van der Waals surface area (Å²) in [6, 6.07) is 4.88. The van der Waals surface area contributed by atoms with Gasteiger partial charge in [-0.15, -0.1) is 0 Å². The van der Waals surface area contributed by atoms with E-state index >= 15 is 0 Å². The van der Waals surface area contributed by atoms with Gasteiger partial charge >= 0.3 is 0 Å². The van der Waals surface area contributed by atoms with Gasteiger partial charge in [0.05, 0.1) is 18.8 Å². The van der Waals surface area contributed by atoms with Gasteiger partial charge < -0.3 is 14.9 Å². The number of hydrogen-bond acceptors (Lipinski definition) is 4. The van der Waals surface area contributed by atoms with E-state index in [0.717, 1.165) is 0 Å². The molecule has 1 aromatic carbocycles. The molecule has 80 valence electrons. The molecule has 15 heavy (non-hydrogen) atoms. The van der Waals surface area contributed by atoms with Gasteiger partial charge in [-0.05, 0) is 18.6 Å². The maximum Gasteiger partial charge on any atom is 0.140 e. The van der Waals surface area contributed by atoms with Crippen molar-refractivity contribution in [2.75, 3.05) is 7.11 Å². The topological polar surface area (TPSA) is 73.5 Å². The number of rotatable bonds is 3. The minimum atomic E-state index is -0.559. The van der Waals surface area contributed by atoms with Crippen LogP contribution in [0.15, 0.2) is 12.1 Å². The summed E-state index contributed by atoms with van der Waals surface area (Å²) in [6.07, 6.45) is -0.249. The maximum atomic E-state index is 9.59. The Balaban J connectivity index is 3.15. The normalized spacial score (nSPS) is 11.9. The van der Waals surface area contributed by atoms with Crippen molar-refractivity contribution in [1.29, 1.82) is 5.26 Å². The van der Waals surface area contributed by atoms with E-state index in [4.69, 9.17) is 10.00 Å². The summed E-state index contributed by atoms with van der Waals surface area (Å²) in [4.78, 5) is 0. The predicted octanol–water partition coefficient (Wildman–Crippen LogP) is 1.20. The maximum absolute atomic E-state index is 9.59. The Morgan fingerprint density at radius 2 is 2.20 bits per heavy atom. The van der Waals surface area contributed by atoms with Gasteiger partial charge in [-0.1, -0.05) is 0 Å².